The number of benzene rings is 3. The van der Waals surface area contributed by atoms with Crippen LogP contribution in [-0.2, 0) is 6.54 Å². The molecule has 32 heavy (non-hydrogen) atoms. The summed E-state index contributed by atoms with van der Waals surface area (Å²) in [6.45, 7) is 1.83. The van der Waals surface area contributed by atoms with Crippen LogP contribution in [0.3, 0.4) is 0 Å². The number of carbonyl (C=O) groups excluding carboxylic acids is 2. The first-order valence-electron chi connectivity index (χ1n) is 10.4. The molecule has 0 aromatic heterocycles. The van der Waals surface area contributed by atoms with Crippen LogP contribution in [0.2, 0.25) is 0 Å². The number of para-hydroxylation sites is 1. The molecule has 1 aliphatic rings. The molecule has 0 aliphatic carbocycles. The number of rotatable bonds is 5. The van der Waals surface area contributed by atoms with Crippen molar-refractivity contribution in [3.8, 4) is 6.07 Å². The van der Waals surface area contributed by atoms with Crippen LogP contribution in [0.5, 0.6) is 0 Å². The molecular weight excluding hydrogens is 402 g/mol. The molecule has 4 rings (SSSR count). The van der Waals surface area contributed by atoms with Crippen molar-refractivity contribution in [2.24, 2.45) is 0 Å². The lowest BCUT2D eigenvalue weighted by molar-refractivity contribution is 0.192. The summed E-state index contributed by atoms with van der Waals surface area (Å²) in [4.78, 5) is 28.8. The summed E-state index contributed by atoms with van der Waals surface area (Å²) in [6.07, 6.45) is 0.863. The van der Waals surface area contributed by atoms with Gasteiger partial charge >= 0.3 is 12.1 Å². The topological polar surface area (TPSA) is 88.5 Å². The van der Waals surface area contributed by atoms with Crippen LogP contribution in [-0.4, -0.2) is 30.1 Å². The Morgan fingerprint density at radius 2 is 1.53 bits per heavy atom. The van der Waals surface area contributed by atoms with Crippen molar-refractivity contribution in [3.05, 3.63) is 90.0 Å². The third-order valence-corrected chi connectivity index (χ3v) is 5.24. The van der Waals surface area contributed by atoms with Crippen LogP contribution in [0.4, 0.5) is 26.7 Å². The largest absolute Gasteiger partial charge is 0.324 e. The van der Waals surface area contributed by atoms with Crippen molar-refractivity contribution < 1.29 is 9.59 Å². The van der Waals surface area contributed by atoms with Gasteiger partial charge < -0.3 is 15.5 Å². The molecule has 3 aromatic carbocycles. The van der Waals surface area contributed by atoms with Crippen molar-refractivity contribution in [3.63, 3.8) is 0 Å². The highest BCUT2D eigenvalue weighted by molar-refractivity contribution is 6.00. The molecule has 0 unspecified atom stereocenters. The Labute approximate surface area is 186 Å². The minimum Gasteiger partial charge on any atom is -0.320 e. The predicted octanol–water partition coefficient (Wildman–Crippen LogP) is 5.03. The fraction of sp³-hybridized carbons (Fsp3) is 0.160. The van der Waals surface area contributed by atoms with Gasteiger partial charge in [0.2, 0.25) is 0 Å². The number of carbonyl (C=O) groups is 2. The molecule has 1 heterocycles. The zero-order valence-electron chi connectivity index (χ0n) is 17.5. The third-order valence-electron chi connectivity index (χ3n) is 5.24. The summed E-state index contributed by atoms with van der Waals surface area (Å²) in [5.74, 6) is 0. The lowest BCUT2D eigenvalue weighted by Gasteiger charge is -2.35. The van der Waals surface area contributed by atoms with Gasteiger partial charge in [0.25, 0.3) is 0 Å². The summed E-state index contributed by atoms with van der Waals surface area (Å²) in [6, 6.07) is 25.5. The maximum Gasteiger partial charge on any atom is 0.324 e. The molecule has 0 atom stereocenters. The van der Waals surface area contributed by atoms with Crippen LogP contribution in [0, 0.1) is 11.3 Å². The van der Waals surface area contributed by atoms with Crippen LogP contribution in [0.25, 0.3) is 0 Å². The molecule has 1 fully saturated rings. The number of amides is 4. The SMILES string of the molecule is N#Cc1ccc(CN2CCCN(c3ccc(NC(=O)Nc4ccccc4)cc3)C2=O)cc1. The van der Waals surface area contributed by atoms with E-state index in [1.165, 1.54) is 0 Å². The van der Waals surface area contributed by atoms with Crippen LogP contribution >= 0.6 is 0 Å². The zero-order valence-corrected chi connectivity index (χ0v) is 17.5. The first kappa shape index (κ1) is 20.9. The monoisotopic (exact) mass is 425 g/mol. The number of hydrogen-bond acceptors (Lipinski definition) is 3. The predicted molar refractivity (Wildman–Crippen MR) is 124 cm³/mol. The second-order valence-electron chi connectivity index (χ2n) is 7.51. The number of hydrogen-bond donors (Lipinski definition) is 2. The fourth-order valence-electron chi connectivity index (χ4n) is 3.61. The van der Waals surface area contributed by atoms with E-state index in [2.05, 4.69) is 16.7 Å². The molecule has 7 heteroatoms. The minimum atomic E-state index is -0.327. The summed E-state index contributed by atoms with van der Waals surface area (Å²) in [7, 11) is 0. The molecule has 0 bridgehead atoms. The van der Waals surface area contributed by atoms with Crippen molar-refractivity contribution in [1.29, 1.82) is 5.26 Å². The van der Waals surface area contributed by atoms with E-state index >= 15 is 0 Å². The van der Waals surface area contributed by atoms with Gasteiger partial charge in [-0.25, -0.2) is 9.59 Å². The van der Waals surface area contributed by atoms with E-state index < -0.39 is 0 Å². The lowest BCUT2D eigenvalue weighted by atomic mass is 10.1. The molecule has 160 valence electrons. The number of urea groups is 2. The Hall–Kier alpha value is -4.31. The quantitative estimate of drug-likeness (QED) is 0.601. The average Bonchev–Trinajstić information content (AvgIpc) is 2.82. The first-order chi connectivity index (χ1) is 15.6. The van der Waals surface area contributed by atoms with Crippen molar-refractivity contribution in [2.75, 3.05) is 28.6 Å². The van der Waals surface area contributed by atoms with E-state index in [9.17, 15) is 9.59 Å². The van der Waals surface area contributed by atoms with E-state index in [0.717, 1.165) is 17.7 Å². The summed E-state index contributed by atoms with van der Waals surface area (Å²) in [5.41, 5.74) is 3.73. The lowest BCUT2D eigenvalue weighted by Crippen LogP contribution is -2.49. The maximum atomic E-state index is 13.0. The molecule has 1 saturated heterocycles. The summed E-state index contributed by atoms with van der Waals surface area (Å²) in [5, 5.41) is 14.5. The zero-order chi connectivity index (χ0) is 22.3. The second kappa shape index (κ2) is 9.67. The highest BCUT2D eigenvalue weighted by Crippen LogP contribution is 2.23. The van der Waals surface area contributed by atoms with Gasteiger partial charge in [0, 0.05) is 36.7 Å². The number of nitrogens with one attached hydrogen (secondary N) is 2. The second-order valence-corrected chi connectivity index (χ2v) is 7.51. The summed E-state index contributed by atoms with van der Waals surface area (Å²) >= 11 is 0. The molecule has 0 saturated carbocycles. The number of nitriles is 1. The third kappa shape index (κ3) is 5.05. The van der Waals surface area contributed by atoms with Crippen LogP contribution < -0.4 is 15.5 Å². The molecule has 4 amide bonds. The molecule has 0 spiro atoms. The maximum absolute atomic E-state index is 13.0. The Morgan fingerprint density at radius 3 is 2.19 bits per heavy atom. The number of nitrogens with zero attached hydrogens (tertiary/aromatic N) is 3. The van der Waals surface area contributed by atoms with E-state index in [1.807, 2.05) is 59.5 Å². The highest BCUT2D eigenvalue weighted by Gasteiger charge is 2.26. The van der Waals surface area contributed by atoms with E-state index in [4.69, 9.17) is 5.26 Å². The van der Waals surface area contributed by atoms with E-state index in [1.54, 1.807) is 29.2 Å². The van der Waals surface area contributed by atoms with Gasteiger partial charge in [0.1, 0.15) is 0 Å². The summed E-state index contributed by atoms with van der Waals surface area (Å²) < 4.78 is 0. The van der Waals surface area contributed by atoms with Crippen molar-refractivity contribution >= 4 is 29.1 Å². The first-order valence-corrected chi connectivity index (χ1v) is 10.4. The smallest absolute Gasteiger partial charge is 0.320 e. The molecule has 2 N–H and O–H groups in total. The Kier molecular flexibility index (Phi) is 6.33. The Balaban J connectivity index is 1.37. The van der Waals surface area contributed by atoms with E-state index in [-0.39, 0.29) is 12.1 Å². The Morgan fingerprint density at radius 1 is 0.875 bits per heavy atom. The van der Waals surface area contributed by atoms with E-state index in [0.29, 0.717) is 36.6 Å². The van der Waals surface area contributed by atoms with Crippen LogP contribution in [0.1, 0.15) is 17.5 Å². The standard InChI is InChI=1S/C25H23N5O2/c26-17-19-7-9-20(10-8-19)18-29-15-4-16-30(25(29)32)23-13-11-22(12-14-23)28-24(31)27-21-5-2-1-3-6-21/h1-3,5-14H,4,15-16,18H2,(H2,27,28,31). The molecule has 1 aliphatic heterocycles. The van der Waals surface area contributed by atoms with Crippen LogP contribution in [0.15, 0.2) is 78.9 Å². The average molecular weight is 425 g/mol. The van der Waals surface area contributed by atoms with Gasteiger partial charge in [-0.1, -0.05) is 30.3 Å². The van der Waals surface area contributed by atoms with Gasteiger partial charge in [-0.3, -0.25) is 4.90 Å². The van der Waals surface area contributed by atoms with Crippen molar-refractivity contribution in [2.45, 2.75) is 13.0 Å². The van der Waals surface area contributed by atoms with Gasteiger partial charge in [-0.05, 0) is 60.5 Å². The highest BCUT2D eigenvalue weighted by atomic mass is 16.2. The minimum absolute atomic E-state index is 0.0526. The molecule has 0 radical (unpaired) electrons. The van der Waals surface area contributed by atoms with Crippen molar-refractivity contribution in [1.82, 2.24) is 4.90 Å². The molecule has 3 aromatic rings. The van der Waals surface area contributed by atoms with Gasteiger partial charge in [-0.15, -0.1) is 0 Å². The normalized spacial score (nSPS) is 13.4. The molecule has 7 nitrogen and oxygen atoms in total. The van der Waals surface area contributed by atoms with Gasteiger partial charge in [-0.2, -0.15) is 5.26 Å². The van der Waals surface area contributed by atoms with Gasteiger partial charge in [0.05, 0.1) is 11.6 Å². The fourth-order valence-corrected chi connectivity index (χ4v) is 3.61. The van der Waals surface area contributed by atoms with Gasteiger partial charge in [0.15, 0.2) is 0 Å². The molecular formula is C25H23N5O2. The Bertz CT molecular complexity index is 1120. The number of anilines is 3.